The van der Waals surface area contributed by atoms with E-state index in [1.54, 1.807) is 12.1 Å². The molecule has 3 nitrogen and oxygen atoms in total. The minimum Gasteiger partial charge on any atom is -0.390 e. The highest BCUT2D eigenvalue weighted by atomic mass is 19.1. The second-order valence-electron chi connectivity index (χ2n) is 6.07. The third-order valence-corrected chi connectivity index (χ3v) is 4.38. The molecule has 0 heterocycles. The standard InChI is InChI=1S/C19H21FN2O/c1-13(22(2)12-14-7-9-16(20)10-8-14)21-19-17-6-4-3-5-15(17)11-18(19)23/h3-10,18-19,23H,11-12H2,1-2H3/t18-,19?/m1/s1. The van der Waals surface area contributed by atoms with Crippen molar-refractivity contribution in [1.29, 1.82) is 0 Å². The van der Waals surface area contributed by atoms with Gasteiger partial charge in [0.25, 0.3) is 0 Å². The Hall–Kier alpha value is -2.20. The molecule has 0 bridgehead atoms. The van der Waals surface area contributed by atoms with Crippen LogP contribution in [0.5, 0.6) is 0 Å². The van der Waals surface area contributed by atoms with Crippen molar-refractivity contribution in [3.63, 3.8) is 0 Å². The second-order valence-corrected chi connectivity index (χ2v) is 6.07. The quantitative estimate of drug-likeness (QED) is 0.697. The lowest BCUT2D eigenvalue weighted by Crippen LogP contribution is -2.25. The normalized spacial score (nSPS) is 20.4. The zero-order valence-corrected chi connectivity index (χ0v) is 13.4. The van der Waals surface area contributed by atoms with Crippen LogP contribution in [0.3, 0.4) is 0 Å². The Balaban J connectivity index is 1.75. The summed E-state index contributed by atoms with van der Waals surface area (Å²) in [7, 11) is 1.95. The minimum atomic E-state index is -0.471. The summed E-state index contributed by atoms with van der Waals surface area (Å²) in [5, 5.41) is 10.3. The Morgan fingerprint density at radius 2 is 1.91 bits per heavy atom. The van der Waals surface area contributed by atoms with Gasteiger partial charge in [-0.15, -0.1) is 0 Å². The third kappa shape index (κ3) is 3.42. The number of hydrogen-bond acceptors (Lipinski definition) is 2. The molecule has 23 heavy (non-hydrogen) atoms. The van der Waals surface area contributed by atoms with Crippen LogP contribution in [0.25, 0.3) is 0 Å². The summed E-state index contributed by atoms with van der Waals surface area (Å²) < 4.78 is 13.0. The smallest absolute Gasteiger partial charge is 0.123 e. The molecule has 0 spiro atoms. The molecule has 120 valence electrons. The van der Waals surface area contributed by atoms with Crippen LogP contribution in [0.1, 0.15) is 29.7 Å². The van der Waals surface area contributed by atoms with Crippen molar-refractivity contribution in [2.75, 3.05) is 7.05 Å². The summed E-state index contributed by atoms with van der Waals surface area (Å²) in [4.78, 5) is 6.75. The topological polar surface area (TPSA) is 35.8 Å². The van der Waals surface area contributed by atoms with E-state index in [0.717, 1.165) is 17.0 Å². The van der Waals surface area contributed by atoms with Crippen molar-refractivity contribution < 1.29 is 9.50 Å². The highest BCUT2D eigenvalue weighted by molar-refractivity contribution is 5.79. The Morgan fingerprint density at radius 3 is 2.65 bits per heavy atom. The van der Waals surface area contributed by atoms with Crippen LogP contribution >= 0.6 is 0 Å². The van der Waals surface area contributed by atoms with Crippen molar-refractivity contribution in [2.45, 2.75) is 32.0 Å². The summed E-state index contributed by atoms with van der Waals surface area (Å²) in [5.74, 6) is 0.627. The van der Waals surface area contributed by atoms with Gasteiger partial charge in [0.05, 0.1) is 11.9 Å². The molecule has 2 aromatic carbocycles. The molecule has 0 radical (unpaired) electrons. The SMILES string of the molecule is CC(=NC1c2ccccc2C[C@H]1O)N(C)Cc1ccc(F)cc1. The van der Waals surface area contributed by atoms with Gasteiger partial charge in [-0.2, -0.15) is 0 Å². The molecule has 0 saturated carbocycles. The van der Waals surface area contributed by atoms with Gasteiger partial charge >= 0.3 is 0 Å². The molecule has 3 rings (SSSR count). The molecule has 4 heteroatoms. The number of benzene rings is 2. The van der Waals surface area contributed by atoms with Crippen molar-refractivity contribution in [1.82, 2.24) is 4.90 Å². The summed E-state index contributed by atoms with van der Waals surface area (Å²) in [6.45, 7) is 2.59. The van der Waals surface area contributed by atoms with Crippen LogP contribution in [0.15, 0.2) is 53.5 Å². The number of aliphatic imine (C=N–C) groups is 1. The largest absolute Gasteiger partial charge is 0.390 e. The molecule has 2 atom stereocenters. The van der Waals surface area contributed by atoms with E-state index in [2.05, 4.69) is 0 Å². The number of nitrogens with zero attached hydrogens (tertiary/aromatic N) is 2. The van der Waals surface area contributed by atoms with E-state index >= 15 is 0 Å². The minimum absolute atomic E-state index is 0.207. The first kappa shape index (κ1) is 15.7. The Morgan fingerprint density at radius 1 is 1.22 bits per heavy atom. The predicted octanol–water partition coefficient (Wildman–Crippen LogP) is 3.33. The van der Waals surface area contributed by atoms with E-state index in [1.807, 2.05) is 43.1 Å². The van der Waals surface area contributed by atoms with Gasteiger partial charge in [-0.3, -0.25) is 4.99 Å². The number of fused-ring (bicyclic) bond motifs is 1. The Bertz CT molecular complexity index is 712. The molecule has 1 aliphatic rings. The molecule has 1 unspecified atom stereocenters. The number of aliphatic hydroxyl groups is 1. The van der Waals surface area contributed by atoms with Crippen LogP contribution in [-0.2, 0) is 13.0 Å². The van der Waals surface area contributed by atoms with E-state index in [9.17, 15) is 9.50 Å². The van der Waals surface area contributed by atoms with Crippen molar-refractivity contribution >= 4 is 5.84 Å². The first-order valence-corrected chi connectivity index (χ1v) is 7.80. The summed E-state index contributed by atoms with van der Waals surface area (Å²) in [6, 6.07) is 14.3. The van der Waals surface area contributed by atoms with Crippen LogP contribution in [0, 0.1) is 5.82 Å². The predicted molar refractivity (Wildman–Crippen MR) is 89.9 cm³/mol. The molecule has 0 fully saturated rings. The number of rotatable bonds is 3. The molecule has 0 aliphatic heterocycles. The molecule has 0 amide bonds. The average molecular weight is 312 g/mol. The van der Waals surface area contributed by atoms with E-state index in [4.69, 9.17) is 4.99 Å². The van der Waals surface area contributed by atoms with E-state index in [0.29, 0.717) is 13.0 Å². The maximum atomic E-state index is 13.0. The van der Waals surface area contributed by atoms with Gasteiger partial charge in [0.15, 0.2) is 0 Å². The lowest BCUT2D eigenvalue weighted by atomic mass is 10.1. The zero-order valence-electron chi connectivity index (χ0n) is 13.4. The number of halogens is 1. The first-order chi connectivity index (χ1) is 11.0. The van der Waals surface area contributed by atoms with Gasteiger partial charge in [-0.05, 0) is 35.7 Å². The van der Waals surface area contributed by atoms with Crippen molar-refractivity contribution in [2.24, 2.45) is 4.99 Å². The van der Waals surface area contributed by atoms with Gasteiger partial charge in [-0.1, -0.05) is 36.4 Å². The highest BCUT2D eigenvalue weighted by Gasteiger charge is 2.30. The van der Waals surface area contributed by atoms with Crippen LogP contribution < -0.4 is 0 Å². The van der Waals surface area contributed by atoms with E-state index < -0.39 is 6.10 Å². The fourth-order valence-electron chi connectivity index (χ4n) is 2.99. The molecule has 2 aromatic rings. The Kier molecular flexibility index (Phi) is 4.44. The Labute approximate surface area is 136 Å². The average Bonchev–Trinajstić information content (AvgIpc) is 2.85. The number of aliphatic hydroxyl groups excluding tert-OH is 1. The number of hydrogen-bond donors (Lipinski definition) is 1. The van der Waals surface area contributed by atoms with Gasteiger partial charge in [0.2, 0.25) is 0 Å². The summed E-state index contributed by atoms with van der Waals surface area (Å²) in [5.41, 5.74) is 3.30. The lowest BCUT2D eigenvalue weighted by molar-refractivity contribution is 0.159. The monoisotopic (exact) mass is 312 g/mol. The fraction of sp³-hybridized carbons (Fsp3) is 0.316. The molecule has 1 N–H and O–H groups in total. The zero-order chi connectivity index (χ0) is 16.4. The van der Waals surface area contributed by atoms with Gasteiger partial charge < -0.3 is 10.0 Å². The maximum Gasteiger partial charge on any atom is 0.123 e. The molecule has 1 aliphatic carbocycles. The highest BCUT2D eigenvalue weighted by Crippen LogP contribution is 2.34. The second kappa shape index (κ2) is 6.50. The molecule has 0 aromatic heterocycles. The molecule has 0 saturated heterocycles. The lowest BCUT2D eigenvalue weighted by Gasteiger charge is -2.21. The van der Waals surface area contributed by atoms with Crippen LogP contribution in [0.4, 0.5) is 4.39 Å². The maximum absolute atomic E-state index is 13.0. The number of amidine groups is 1. The first-order valence-electron chi connectivity index (χ1n) is 7.80. The van der Waals surface area contributed by atoms with Gasteiger partial charge in [-0.25, -0.2) is 4.39 Å². The molecular weight excluding hydrogens is 291 g/mol. The summed E-state index contributed by atoms with van der Waals surface area (Å²) in [6.07, 6.45) is 0.181. The van der Waals surface area contributed by atoms with Crippen molar-refractivity contribution in [3.05, 3.63) is 71.0 Å². The van der Waals surface area contributed by atoms with Gasteiger partial charge in [0.1, 0.15) is 11.9 Å². The fourth-order valence-corrected chi connectivity index (χ4v) is 2.99. The van der Waals surface area contributed by atoms with Crippen molar-refractivity contribution in [3.8, 4) is 0 Å². The molecular formula is C19H21FN2O. The van der Waals surface area contributed by atoms with Crippen LogP contribution in [0.2, 0.25) is 0 Å². The summed E-state index contributed by atoms with van der Waals surface area (Å²) >= 11 is 0. The van der Waals surface area contributed by atoms with E-state index in [1.165, 1.54) is 17.7 Å². The van der Waals surface area contributed by atoms with Crippen LogP contribution in [-0.4, -0.2) is 29.0 Å². The third-order valence-electron chi connectivity index (χ3n) is 4.38. The van der Waals surface area contributed by atoms with Gasteiger partial charge in [0, 0.05) is 20.0 Å². The van der Waals surface area contributed by atoms with E-state index in [-0.39, 0.29) is 11.9 Å².